The highest BCUT2D eigenvalue weighted by molar-refractivity contribution is 5.94. The fraction of sp³-hybridized carbons (Fsp3) is 0.538. The van der Waals surface area contributed by atoms with Crippen molar-refractivity contribution in [2.45, 2.75) is 65.1 Å². The molecule has 36 heavy (non-hydrogen) atoms. The van der Waals surface area contributed by atoms with Crippen molar-refractivity contribution >= 4 is 22.6 Å². The first kappa shape index (κ1) is 25.8. The van der Waals surface area contributed by atoms with Crippen molar-refractivity contribution in [3.63, 3.8) is 0 Å². The number of hydrogen-bond donors (Lipinski definition) is 1. The van der Waals surface area contributed by atoms with Crippen molar-refractivity contribution in [2.75, 3.05) is 25.2 Å². The van der Waals surface area contributed by atoms with E-state index in [0.717, 1.165) is 23.9 Å². The number of fused-ring (bicyclic) bond motifs is 1. The van der Waals surface area contributed by atoms with E-state index in [-0.39, 0.29) is 24.0 Å². The van der Waals surface area contributed by atoms with Gasteiger partial charge >= 0.3 is 5.76 Å². The van der Waals surface area contributed by atoms with Crippen LogP contribution in [0.25, 0.3) is 28.1 Å². The summed E-state index contributed by atoms with van der Waals surface area (Å²) in [5.74, 6) is 0.586. The second kappa shape index (κ2) is 10.8. The maximum Gasteiger partial charge on any atom is 0.439 e. The predicted molar refractivity (Wildman–Crippen MR) is 139 cm³/mol. The Hall–Kier alpha value is -3.27. The van der Waals surface area contributed by atoms with E-state index in [9.17, 15) is 9.18 Å². The zero-order chi connectivity index (χ0) is 26.0. The van der Waals surface area contributed by atoms with Gasteiger partial charge in [-0.1, -0.05) is 44.2 Å². The Labute approximate surface area is 210 Å². The van der Waals surface area contributed by atoms with Gasteiger partial charge in [-0.2, -0.15) is 0 Å². The van der Waals surface area contributed by atoms with E-state index in [0.29, 0.717) is 41.7 Å². The summed E-state index contributed by atoms with van der Waals surface area (Å²) in [6.45, 7) is 12.5. The van der Waals surface area contributed by atoms with Crippen molar-refractivity contribution in [3.8, 4) is 11.5 Å². The first-order valence-electron chi connectivity index (χ1n) is 12.5. The number of anilines is 1. The molecule has 3 aromatic rings. The third-order valence-electron chi connectivity index (χ3n) is 7.26. The van der Waals surface area contributed by atoms with Crippen LogP contribution in [-0.2, 0) is 4.74 Å². The summed E-state index contributed by atoms with van der Waals surface area (Å²) in [6, 6.07) is 1.52. The van der Waals surface area contributed by atoms with Crippen LogP contribution in [0.4, 0.5) is 10.3 Å². The van der Waals surface area contributed by atoms with Gasteiger partial charge in [0, 0.05) is 19.7 Å². The largest absolute Gasteiger partial charge is 0.439 e. The van der Waals surface area contributed by atoms with Gasteiger partial charge < -0.3 is 14.2 Å². The molecule has 1 fully saturated rings. The van der Waals surface area contributed by atoms with Gasteiger partial charge in [0.15, 0.2) is 0 Å². The number of halogens is 1. The molecule has 3 aromatic heterocycles. The molecule has 4 atom stereocenters. The molecule has 0 radical (unpaired) electrons. The number of nitrogens with one attached hydrogen (secondary N) is 1. The molecule has 1 aliphatic heterocycles. The van der Waals surface area contributed by atoms with Crippen molar-refractivity contribution < 1.29 is 13.7 Å². The van der Waals surface area contributed by atoms with E-state index >= 15 is 0 Å². The third-order valence-corrected chi connectivity index (χ3v) is 7.26. The van der Waals surface area contributed by atoms with E-state index in [1.54, 1.807) is 19.3 Å². The quantitative estimate of drug-likeness (QED) is 0.396. The SMILES string of the molecule is C=C/C(=C\C)c1nc(-c2noc(=O)[nH]2)cc2nc(N3CC(OC)CC3CF)n(C(C)C(C)CCC)c12. The van der Waals surface area contributed by atoms with Crippen LogP contribution in [0.3, 0.4) is 0 Å². The van der Waals surface area contributed by atoms with Gasteiger partial charge in [0.05, 0.1) is 28.9 Å². The number of methoxy groups -OCH3 is 1. The van der Waals surface area contributed by atoms with Crippen LogP contribution in [0.5, 0.6) is 0 Å². The first-order chi connectivity index (χ1) is 17.4. The Kier molecular flexibility index (Phi) is 7.73. The zero-order valence-electron chi connectivity index (χ0n) is 21.6. The lowest BCUT2D eigenvalue weighted by Gasteiger charge is -2.30. The maximum absolute atomic E-state index is 14.2. The number of allylic oxidation sites excluding steroid dienone is 3. The van der Waals surface area contributed by atoms with Crippen LogP contribution in [0.15, 0.2) is 34.1 Å². The highest BCUT2D eigenvalue weighted by Crippen LogP contribution is 2.39. The van der Waals surface area contributed by atoms with Gasteiger partial charge in [0.25, 0.3) is 0 Å². The highest BCUT2D eigenvalue weighted by Gasteiger charge is 2.37. The first-order valence-corrected chi connectivity index (χ1v) is 12.5. The van der Waals surface area contributed by atoms with Crippen LogP contribution >= 0.6 is 0 Å². The van der Waals surface area contributed by atoms with E-state index in [1.165, 1.54) is 0 Å². The molecular formula is C26H35FN6O3. The minimum atomic E-state index is -0.662. The number of aromatic nitrogens is 5. The van der Waals surface area contributed by atoms with Gasteiger partial charge in [0.1, 0.15) is 12.4 Å². The van der Waals surface area contributed by atoms with Crippen LogP contribution in [0.1, 0.15) is 58.7 Å². The molecule has 0 amide bonds. The molecule has 4 unspecified atom stereocenters. The molecule has 0 aromatic carbocycles. The Morgan fingerprint density at radius 2 is 2.19 bits per heavy atom. The van der Waals surface area contributed by atoms with E-state index in [2.05, 4.69) is 42.1 Å². The average Bonchev–Trinajstić information content (AvgIpc) is 3.60. The number of pyridine rings is 1. The molecule has 10 heteroatoms. The smallest absolute Gasteiger partial charge is 0.380 e. The molecule has 0 spiro atoms. The second-order valence-electron chi connectivity index (χ2n) is 9.46. The Morgan fingerprint density at radius 1 is 1.42 bits per heavy atom. The molecule has 0 saturated carbocycles. The summed E-state index contributed by atoms with van der Waals surface area (Å²) in [4.78, 5) is 26.1. The predicted octanol–water partition coefficient (Wildman–Crippen LogP) is 4.92. The topological polar surface area (TPSA) is 102 Å². The van der Waals surface area contributed by atoms with E-state index in [1.807, 2.05) is 17.9 Å². The van der Waals surface area contributed by atoms with Crippen molar-refractivity contribution in [1.29, 1.82) is 0 Å². The Bertz CT molecular complexity index is 1310. The Balaban J connectivity index is 2.03. The molecule has 0 bridgehead atoms. The van der Waals surface area contributed by atoms with Crippen LogP contribution in [-0.4, -0.2) is 57.2 Å². The van der Waals surface area contributed by atoms with E-state index < -0.39 is 12.4 Å². The molecule has 4 rings (SSSR count). The van der Waals surface area contributed by atoms with Gasteiger partial charge in [-0.25, -0.2) is 19.2 Å². The molecule has 1 aliphatic rings. The second-order valence-corrected chi connectivity index (χ2v) is 9.46. The highest BCUT2D eigenvalue weighted by atomic mass is 19.1. The van der Waals surface area contributed by atoms with Gasteiger partial charge in [-0.05, 0) is 44.2 Å². The fourth-order valence-electron chi connectivity index (χ4n) is 5.10. The van der Waals surface area contributed by atoms with Crippen LogP contribution < -0.4 is 10.7 Å². The maximum atomic E-state index is 14.2. The van der Waals surface area contributed by atoms with Crippen LogP contribution in [0.2, 0.25) is 0 Å². The lowest BCUT2D eigenvalue weighted by molar-refractivity contribution is 0.117. The number of aromatic amines is 1. The number of ether oxygens (including phenoxy) is 1. The number of hydrogen-bond acceptors (Lipinski definition) is 7. The number of rotatable bonds is 10. The lowest BCUT2D eigenvalue weighted by Crippen LogP contribution is -2.34. The average molecular weight is 499 g/mol. The molecule has 1 N–H and O–H groups in total. The fourth-order valence-corrected chi connectivity index (χ4v) is 5.10. The normalized spacial score (nSPS) is 20.3. The lowest BCUT2D eigenvalue weighted by atomic mass is 9.97. The summed E-state index contributed by atoms with van der Waals surface area (Å²) >= 11 is 0. The summed E-state index contributed by atoms with van der Waals surface area (Å²) < 4.78 is 26.7. The number of nitrogens with zero attached hydrogens (tertiary/aromatic N) is 5. The molecule has 4 heterocycles. The third kappa shape index (κ3) is 4.61. The molecule has 0 aliphatic carbocycles. The minimum absolute atomic E-state index is 0.0629. The molecule has 1 saturated heterocycles. The minimum Gasteiger partial charge on any atom is -0.380 e. The number of alkyl halides is 1. The van der Waals surface area contributed by atoms with Gasteiger partial charge in [-0.3, -0.25) is 9.51 Å². The molecular weight excluding hydrogens is 463 g/mol. The van der Waals surface area contributed by atoms with Gasteiger partial charge in [-0.15, -0.1) is 0 Å². The molecule has 194 valence electrons. The summed E-state index contributed by atoms with van der Waals surface area (Å²) in [5, 5.41) is 3.82. The van der Waals surface area contributed by atoms with E-state index in [4.69, 9.17) is 19.2 Å². The number of H-pyrrole nitrogens is 1. The summed E-state index contributed by atoms with van der Waals surface area (Å²) in [5.41, 5.74) is 3.41. The summed E-state index contributed by atoms with van der Waals surface area (Å²) in [6.07, 6.45) is 6.29. The number of imidazole rings is 1. The van der Waals surface area contributed by atoms with Crippen LogP contribution in [0, 0.1) is 5.92 Å². The van der Waals surface area contributed by atoms with Gasteiger partial charge in [0.2, 0.25) is 11.8 Å². The Morgan fingerprint density at radius 3 is 2.78 bits per heavy atom. The summed E-state index contributed by atoms with van der Waals surface area (Å²) in [7, 11) is 1.66. The van der Waals surface area contributed by atoms with Crippen molar-refractivity contribution in [2.24, 2.45) is 5.92 Å². The standard InChI is InChI=1S/C26H35FN6O3/c1-7-10-15(4)16(5)33-23-20(29-25(33)32-14-19(35-6)11-18(32)13-27)12-21(24-30-26(34)36-31-24)28-22(23)17(8-2)9-3/h8-9,12,15-16,18-19H,2,7,10-11,13-14H2,1,3-6H3,(H,30,31,34)/b17-9+. The monoisotopic (exact) mass is 498 g/mol. The van der Waals surface area contributed by atoms with Crippen molar-refractivity contribution in [3.05, 3.63) is 41.0 Å². The molecule has 9 nitrogen and oxygen atoms in total. The zero-order valence-corrected chi connectivity index (χ0v) is 21.6. The van der Waals surface area contributed by atoms with Crippen molar-refractivity contribution in [1.82, 2.24) is 24.7 Å².